The van der Waals surface area contributed by atoms with Crippen LogP contribution in [0.15, 0.2) is 0 Å². The molecule has 1 N–H and O–H groups in total. The van der Waals surface area contributed by atoms with E-state index in [9.17, 15) is 0 Å². The number of rotatable bonds is 3. The molecule has 0 bridgehead atoms. The van der Waals surface area contributed by atoms with Gasteiger partial charge < -0.3 is 10.2 Å². The van der Waals surface area contributed by atoms with Gasteiger partial charge in [-0.3, -0.25) is 0 Å². The van der Waals surface area contributed by atoms with E-state index in [4.69, 9.17) is 0 Å². The average Bonchev–Trinajstić information content (AvgIpc) is 2.63. The lowest BCUT2D eigenvalue weighted by atomic mass is 10.0. The van der Waals surface area contributed by atoms with Crippen molar-refractivity contribution >= 4 is 0 Å². The highest BCUT2D eigenvalue weighted by Crippen LogP contribution is 2.18. The van der Waals surface area contributed by atoms with Crippen LogP contribution in [0.25, 0.3) is 0 Å². The molecule has 82 valence electrons. The second kappa shape index (κ2) is 5.13. The standard InChI is InChI=1S/C12H24N2/c1-11-5-4-9-14(11)10-7-12-6-2-3-8-13-12/h11-13H,2-10H2,1H3. The van der Waals surface area contributed by atoms with Gasteiger partial charge in [-0.1, -0.05) is 6.42 Å². The summed E-state index contributed by atoms with van der Waals surface area (Å²) in [6, 6.07) is 1.66. The number of hydrogen-bond acceptors (Lipinski definition) is 2. The summed E-state index contributed by atoms with van der Waals surface area (Å²) in [6.45, 7) is 6.29. The van der Waals surface area contributed by atoms with Crippen LogP contribution in [0.2, 0.25) is 0 Å². The molecule has 2 nitrogen and oxygen atoms in total. The first kappa shape index (κ1) is 10.4. The van der Waals surface area contributed by atoms with Gasteiger partial charge in [-0.25, -0.2) is 0 Å². The van der Waals surface area contributed by atoms with Gasteiger partial charge in [0.05, 0.1) is 0 Å². The van der Waals surface area contributed by atoms with Crippen LogP contribution in [0.3, 0.4) is 0 Å². The monoisotopic (exact) mass is 196 g/mol. The molecule has 0 aromatic heterocycles. The highest BCUT2D eigenvalue weighted by atomic mass is 15.2. The molecule has 2 rings (SSSR count). The zero-order valence-corrected chi connectivity index (χ0v) is 9.47. The molecule has 0 aliphatic carbocycles. The molecule has 2 atom stereocenters. The fraction of sp³-hybridized carbons (Fsp3) is 1.00. The summed E-state index contributed by atoms with van der Waals surface area (Å²) in [6.07, 6.45) is 8.42. The minimum Gasteiger partial charge on any atom is -0.314 e. The Bertz CT molecular complexity index is 164. The Balaban J connectivity index is 1.65. The Hall–Kier alpha value is -0.0800. The van der Waals surface area contributed by atoms with Gasteiger partial charge in [0.2, 0.25) is 0 Å². The molecule has 2 heteroatoms. The summed E-state index contributed by atoms with van der Waals surface area (Å²) >= 11 is 0. The van der Waals surface area contributed by atoms with Crippen LogP contribution in [0.1, 0.15) is 45.4 Å². The van der Waals surface area contributed by atoms with Crippen molar-refractivity contribution in [3.63, 3.8) is 0 Å². The Morgan fingerprint density at radius 3 is 2.79 bits per heavy atom. The topological polar surface area (TPSA) is 15.3 Å². The van der Waals surface area contributed by atoms with Crippen molar-refractivity contribution in [3.05, 3.63) is 0 Å². The lowest BCUT2D eigenvalue weighted by molar-refractivity contribution is 0.242. The third-order valence-electron chi connectivity index (χ3n) is 3.87. The van der Waals surface area contributed by atoms with Gasteiger partial charge in [0.25, 0.3) is 0 Å². The summed E-state index contributed by atoms with van der Waals surface area (Å²) in [7, 11) is 0. The molecule has 2 unspecified atom stereocenters. The van der Waals surface area contributed by atoms with E-state index in [1.807, 2.05) is 0 Å². The summed E-state index contributed by atoms with van der Waals surface area (Å²) in [5, 5.41) is 3.63. The van der Waals surface area contributed by atoms with Gasteiger partial charge in [0.15, 0.2) is 0 Å². The average molecular weight is 196 g/mol. The van der Waals surface area contributed by atoms with E-state index in [0.29, 0.717) is 0 Å². The SMILES string of the molecule is CC1CCCN1CCC1CCCCN1. The maximum absolute atomic E-state index is 3.63. The molecule has 2 fully saturated rings. The van der Waals surface area contributed by atoms with E-state index in [1.54, 1.807) is 0 Å². The smallest absolute Gasteiger partial charge is 0.00792 e. The Labute approximate surface area is 88.1 Å². The number of hydrogen-bond donors (Lipinski definition) is 1. The number of nitrogens with zero attached hydrogens (tertiary/aromatic N) is 1. The van der Waals surface area contributed by atoms with E-state index in [-0.39, 0.29) is 0 Å². The third-order valence-corrected chi connectivity index (χ3v) is 3.87. The van der Waals surface area contributed by atoms with Gasteiger partial charge in [-0.15, -0.1) is 0 Å². The second-order valence-electron chi connectivity index (χ2n) is 4.96. The minimum absolute atomic E-state index is 0.816. The molecule has 2 saturated heterocycles. The predicted octanol–water partition coefficient (Wildman–Crippen LogP) is 2.00. The number of piperidine rings is 1. The molecule has 2 heterocycles. The molecule has 2 aliphatic rings. The Morgan fingerprint density at radius 1 is 1.21 bits per heavy atom. The molecular formula is C12H24N2. The van der Waals surface area contributed by atoms with E-state index >= 15 is 0 Å². The fourth-order valence-electron chi connectivity index (χ4n) is 2.82. The van der Waals surface area contributed by atoms with Crippen LogP contribution in [0, 0.1) is 0 Å². The molecule has 0 radical (unpaired) electrons. The van der Waals surface area contributed by atoms with Gasteiger partial charge >= 0.3 is 0 Å². The van der Waals surface area contributed by atoms with Crippen molar-refractivity contribution in [2.24, 2.45) is 0 Å². The molecule has 0 spiro atoms. The van der Waals surface area contributed by atoms with Crippen molar-refractivity contribution in [2.75, 3.05) is 19.6 Å². The predicted molar refractivity (Wildman–Crippen MR) is 60.5 cm³/mol. The van der Waals surface area contributed by atoms with Crippen molar-refractivity contribution in [2.45, 2.75) is 57.5 Å². The first-order valence-corrected chi connectivity index (χ1v) is 6.33. The quantitative estimate of drug-likeness (QED) is 0.743. The van der Waals surface area contributed by atoms with Crippen molar-refractivity contribution in [3.8, 4) is 0 Å². The van der Waals surface area contributed by atoms with Gasteiger partial charge in [-0.05, 0) is 58.7 Å². The van der Waals surface area contributed by atoms with Crippen LogP contribution >= 0.6 is 0 Å². The lowest BCUT2D eigenvalue weighted by Crippen LogP contribution is -2.38. The highest BCUT2D eigenvalue weighted by Gasteiger charge is 2.21. The van der Waals surface area contributed by atoms with Crippen LogP contribution in [0.4, 0.5) is 0 Å². The summed E-state index contributed by atoms with van der Waals surface area (Å²) in [5.74, 6) is 0. The summed E-state index contributed by atoms with van der Waals surface area (Å²) < 4.78 is 0. The summed E-state index contributed by atoms with van der Waals surface area (Å²) in [4.78, 5) is 2.66. The zero-order chi connectivity index (χ0) is 9.80. The van der Waals surface area contributed by atoms with Crippen molar-refractivity contribution < 1.29 is 0 Å². The van der Waals surface area contributed by atoms with E-state index in [0.717, 1.165) is 12.1 Å². The second-order valence-corrected chi connectivity index (χ2v) is 4.96. The Kier molecular flexibility index (Phi) is 3.82. The zero-order valence-electron chi connectivity index (χ0n) is 9.47. The van der Waals surface area contributed by atoms with E-state index in [2.05, 4.69) is 17.1 Å². The molecule has 2 aliphatic heterocycles. The van der Waals surface area contributed by atoms with Crippen molar-refractivity contribution in [1.29, 1.82) is 0 Å². The molecule has 0 aromatic rings. The minimum atomic E-state index is 0.816. The first-order valence-electron chi connectivity index (χ1n) is 6.33. The van der Waals surface area contributed by atoms with Crippen molar-refractivity contribution in [1.82, 2.24) is 10.2 Å². The van der Waals surface area contributed by atoms with Gasteiger partial charge in [-0.2, -0.15) is 0 Å². The molecule has 0 saturated carbocycles. The maximum atomic E-state index is 3.63. The largest absolute Gasteiger partial charge is 0.314 e. The molecule has 0 amide bonds. The number of likely N-dealkylation sites (tertiary alicyclic amines) is 1. The van der Waals surface area contributed by atoms with Crippen LogP contribution < -0.4 is 5.32 Å². The van der Waals surface area contributed by atoms with Crippen LogP contribution in [-0.4, -0.2) is 36.6 Å². The van der Waals surface area contributed by atoms with E-state index in [1.165, 1.54) is 58.2 Å². The maximum Gasteiger partial charge on any atom is 0.00792 e. The molecule has 0 aromatic carbocycles. The normalized spacial score (nSPS) is 34.9. The molecule has 14 heavy (non-hydrogen) atoms. The number of nitrogens with one attached hydrogen (secondary N) is 1. The van der Waals surface area contributed by atoms with Crippen LogP contribution in [-0.2, 0) is 0 Å². The summed E-state index contributed by atoms with van der Waals surface area (Å²) in [5.41, 5.74) is 0. The fourth-order valence-corrected chi connectivity index (χ4v) is 2.82. The van der Waals surface area contributed by atoms with Crippen LogP contribution in [0.5, 0.6) is 0 Å². The third kappa shape index (κ3) is 2.71. The lowest BCUT2D eigenvalue weighted by Gasteiger charge is -2.27. The highest BCUT2D eigenvalue weighted by molar-refractivity contribution is 4.78. The Morgan fingerprint density at radius 2 is 2.14 bits per heavy atom. The van der Waals surface area contributed by atoms with Gasteiger partial charge in [0, 0.05) is 12.1 Å². The van der Waals surface area contributed by atoms with Gasteiger partial charge in [0.1, 0.15) is 0 Å². The molecular weight excluding hydrogens is 172 g/mol. The van der Waals surface area contributed by atoms with E-state index < -0.39 is 0 Å². The first-order chi connectivity index (χ1) is 6.86.